The van der Waals surface area contributed by atoms with Gasteiger partial charge in [0.2, 0.25) is 0 Å². The Bertz CT molecular complexity index is 8.00. The van der Waals surface area contributed by atoms with Crippen molar-refractivity contribution < 1.29 is 25.4 Å². The molecule has 0 atom stereocenters. The number of hydrogen-bond donors (Lipinski definition) is 0. The predicted molar refractivity (Wildman–Crippen MR) is 26.8 cm³/mol. The fourth-order valence-electron chi connectivity index (χ4n) is 0. The Morgan fingerprint density at radius 2 is 1.00 bits per heavy atom. The van der Waals surface area contributed by atoms with Crippen LogP contribution >= 0.6 is 27.0 Å². The van der Waals surface area contributed by atoms with Crippen molar-refractivity contribution in [3.05, 3.63) is 0 Å². The van der Waals surface area contributed by atoms with Gasteiger partial charge in [-0.3, -0.25) is 0 Å². The summed E-state index contributed by atoms with van der Waals surface area (Å²) in [5, 5.41) is 0. The van der Waals surface area contributed by atoms with Crippen LogP contribution in [-0.2, 0) is 0 Å². The molecule has 0 fully saturated rings. The second-order valence-corrected chi connectivity index (χ2v) is 42.9. The van der Waals surface area contributed by atoms with Gasteiger partial charge < -0.3 is 0 Å². The van der Waals surface area contributed by atoms with Crippen LogP contribution in [0, 0.1) is 25.4 Å². The molecule has 4 heteroatoms. The summed E-state index contributed by atoms with van der Waals surface area (Å²) in [5.41, 5.74) is 0. The zero-order valence-corrected chi connectivity index (χ0v) is 9.60. The first-order valence-corrected chi connectivity index (χ1v) is 21.8. The quantitative estimate of drug-likeness (QED) is 0.603. The molecular formula is Br3Nd. The molecule has 0 aromatic rings. The van der Waals surface area contributed by atoms with Crippen LogP contribution in [0.25, 0.3) is 0 Å². The fraction of sp³-hybridized carbons (Fsp3) is 0. The first-order chi connectivity index (χ1) is 1.73. The Hall–Kier alpha value is 2.79. The van der Waals surface area contributed by atoms with Crippen LogP contribution in [0.15, 0.2) is 0 Å². The topological polar surface area (TPSA) is 0 Å². The summed E-state index contributed by atoms with van der Waals surface area (Å²) in [6, 6.07) is 0. The molecule has 0 N–H and O–H groups in total. The average Bonchev–Trinajstić information content (AvgIpc) is 0.811. The van der Waals surface area contributed by atoms with Crippen molar-refractivity contribution in [3.8, 4) is 0 Å². The van der Waals surface area contributed by atoms with E-state index >= 15 is 0 Å². The maximum absolute atomic E-state index is 3.32. The summed E-state index contributed by atoms with van der Waals surface area (Å²) in [6.07, 6.45) is 0. The van der Waals surface area contributed by atoms with E-state index in [1.165, 1.54) is 0 Å². The number of rotatable bonds is 0. The van der Waals surface area contributed by atoms with Crippen LogP contribution in [0.1, 0.15) is 0 Å². The predicted octanol–water partition coefficient (Wildman–Crippen LogP) is 2.54. The third kappa shape index (κ3) is 8.84. The zero-order chi connectivity index (χ0) is 3.58. The second-order valence-electron chi connectivity index (χ2n) is 0.214. The van der Waals surface area contributed by atoms with E-state index in [2.05, 4.69) is 27.0 Å². The van der Waals surface area contributed by atoms with Crippen LogP contribution in [0.3, 0.4) is 0 Å². The van der Waals surface area contributed by atoms with Gasteiger partial charge in [-0.25, -0.2) is 0 Å². The van der Waals surface area contributed by atoms with Gasteiger partial charge in [0.05, 0.1) is 0 Å². The van der Waals surface area contributed by atoms with E-state index in [1.807, 2.05) is 0 Å². The van der Waals surface area contributed by atoms with Crippen LogP contribution in [0.2, 0.25) is 0 Å². The van der Waals surface area contributed by atoms with Crippen molar-refractivity contribution in [3.63, 3.8) is 0 Å². The Morgan fingerprint density at radius 1 is 1.00 bits per heavy atom. The summed E-state index contributed by atoms with van der Waals surface area (Å²) in [5.74, 6) is 0. The van der Waals surface area contributed by atoms with Crippen molar-refractivity contribution in [2.75, 3.05) is 0 Å². The van der Waals surface area contributed by atoms with Gasteiger partial charge in [-0.05, 0) is 0 Å². The molecule has 0 saturated heterocycles. The molecule has 0 aromatic carbocycles. The van der Waals surface area contributed by atoms with Crippen molar-refractivity contribution >= 4 is 27.0 Å². The third-order valence-corrected chi connectivity index (χ3v) is 0. The number of halogens is 3. The molecule has 0 spiro atoms. The minimum atomic E-state index is -1.22. The van der Waals surface area contributed by atoms with Gasteiger partial charge in [0.15, 0.2) is 0 Å². The molecule has 0 amide bonds. The van der Waals surface area contributed by atoms with E-state index in [1.54, 1.807) is 0 Å². The maximum atomic E-state index is 3.32. The van der Waals surface area contributed by atoms with Gasteiger partial charge in [0, 0.05) is 0 Å². The second kappa shape index (κ2) is 3.96. The molecule has 25 valence electrons. The molecule has 0 aromatic heterocycles. The zero-order valence-electron chi connectivity index (χ0n) is 1.63. The first kappa shape index (κ1) is 6.79. The van der Waals surface area contributed by atoms with E-state index in [9.17, 15) is 0 Å². The molecule has 0 bridgehead atoms. The molecule has 0 unspecified atom stereocenters. The Labute approximate surface area is 50.6 Å². The summed E-state index contributed by atoms with van der Waals surface area (Å²) >= 11 is -1.22. The van der Waals surface area contributed by atoms with E-state index < -0.39 is 25.4 Å². The van der Waals surface area contributed by atoms with Crippen molar-refractivity contribution in [2.24, 2.45) is 0 Å². The molecule has 0 heterocycles. The summed E-state index contributed by atoms with van der Waals surface area (Å²) in [4.78, 5) is 0. The van der Waals surface area contributed by atoms with Gasteiger partial charge in [0.25, 0.3) is 0 Å². The number of hydrogen-bond acceptors (Lipinski definition) is 0. The van der Waals surface area contributed by atoms with Gasteiger partial charge in [-0.1, -0.05) is 0 Å². The van der Waals surface area contributed by atoms with E-state index in [0.717, 1.165) is 0 Å². The molecular weight excluding hydrogens is 384 g/mol. The van der Waals surface area contributed by atoms with Crippen LogP contribution in [0.4, 0.5) is 0 Å². The summed E-state index contributed by atoms with van der Waals surface area (Å²) in [7, 11) is 9.95. The van der Waals surface area contributed by atoms with Gasteiger partial charge in [-0.2, -0.15) is 0 Å². The van der Waals surface area contributed by atoms with Crippen LogP contribution < -0.4 is 0 Å². The molecule has 0 aliphatic rings. The molecule has 0 rings (SSSR count). The molecule has 0 radical (unpaired) electrons. The van der Waals surface area contributed by atoms with Gasteiger partial charge in [0.1, 0.15) is 0 Å². The van der Waals surface area contributed by atoms with Crippen molar-refractivity contribution in [2.45, 2.75) is 0 Å². The van der Waals surface area contributed by atoms with Crippen LogP contribution in [0.5, 0.6) is 0 Å². The van der Waals surface area contributed by atoms with E-state index in [-0.39, 0.29) is 0 Å². The average molecular weight is 384 g/mol. The van der Waals surface area contributed by atoms with Crippen molar-refractivity contribution in [1.29, 1.82) is 0 Å². The fourth-order valence-corrected chi connectivity index (χ4v) is 0. The molecule has 0 nitrogen and oxygen atoms in total. The molecule has 0 aliphatic heterocycles. The third-order valence-electron chi connectivity index (χ3n) is 0. The molecule has 4 heavy (non-hydrogen) atoms. The summed E-state index contributed by atoms with van der Waals surface area (Å²) in [6.45, 7) is 0. The van der Waals surface area contributed by atoms with Gasteiger partial charge >= 0.3 is 52.4 Å². The van der Waals surface area contributed by atoms with Crippen molar-refractivity contribution in [1.82, 2.24) is 0 Å². The first-order valence-electron chi connectivity index (χ1n) is 0.567. The minimum absolute atomic E-state index is 1.22. The SMILES string of the molecule is [Br][Nd]([Br])[Br]. The molecule has 0 aliphatic carbocycles. The summed E-state index contributed by atoms with van der Waals surface area (Å²) < 4.78 is 0. The Morgan fingerprint density at radius 3 is 1.00 bits per heavy atom. The van der Waals surface area contributed by atoms with E-state index in [4.69, 9.17) is 0 Å². The Kier molecular flexibility index (Phi) is 6.73. The monoisotopic (exact) mass is 379 g/mol. The van der Waals surface area contributed by atoms with Gasteiger partial charge in [-0.15, -0.1) is 0 Å². The molecule has 0 saturated carbocycles. The van der Waals surface area contributed by atoms with Crippen LogP contribution in [-0.4, -0.2) is 0 Å². The standard InChI is InChI=1S/3BrH.Nd/h3*1H;/q;;;+3/p-3. The normalized spacial score (nSPS) is 6.75. The van der Waals surface area contributed by atoms with E-state index in [0.29, 0.717) is 0 Å². The Balaban J connectivity index is 2.32.